The molecule has 0 bridgehead atoms. The van der Waals surface area contributed by atoms with Gasteiger partial charge < -0.3 is 5.32 Å². The lowest BCUT2D eigenvalue weighted by atomic mass is 10.1. The van der Waals surface area contributed by atoms with E-state index in [1.54, 1.807) is 0 Å². The molecule has 1 amide bonds. The monoisotopic (exact) mass is 331 g/mol. The number of carbonyl (C=O) groups is 1. The highest BCUT2D eigenvalue weighted by molar-refractivity contribution is 9.10. The average molecular weight is 332 g/mol. The van der Waals surface area contributed by atoms with Gasteiger partial charge in [0.05, 0.1) is 0 Å². The van der Waals surface area contributed by atoms with Gasteiger partial charge in [0.2, 0.25) is 0 Å². The lowest BCUT2D eigenvalue weighted by Gasteiger charge is -2.08. The van der Waals surface area contributed by atoms with E-state index >= 15 is 0 Å². The fourth-order valence-corrected chi connectivity index (χ4v) is 2.48. The van der Waals surface area contributed by atoms with E-state index in [1.165, 1.54) is 11.1 Å². The smallest absolute Gasteiger partial charge is 0.251 e. The second kappa shape index (κ2) is 6.71. The number of amides is 1. The average Bonchev–Trinajstić information content (AvgIpc) is 2.41. The van der Waals surface area contributed by atoms with Crippen LogP contribution in [0, 0.1) is 13.8 Å². The molecule has 0 unspecified atom stereocenters. The van der Waals surface area contributed by atoms with Gasteiger partial charge in [0.15, 0.2) is 0 Å². The third-order valence-electron chi connectivity index (χ3n) is 3.23. The van der Waals surface area contributed by atoms with Gasteiger partial charge in [0.1, 0.15) is 0 Å². The zero-order valence-electron chi connectivity index (χ0n) is 11.7. The van der Waals surface area contributed by atoms with Gasteiger partial charge >= 0.3 is 0 Å². The molecule has 0 aliphatic rings. The number of rotatable bonds is 4. The number of hydrogen-bond donors (Lipinski definition) is 1. The Bertz CT molecular complexity index is 622. The lowest BCUT2D eigenvalue weighted by molar-refractivity contribution is 0.0953. The van der Waals surface area contributed by atoms with E-state index in [-0.39, 0.29) is 5.91 Å². The Balaban J connectivity index is 1.94. The highest BCUT2D eigenvalue weighted by Gasteiger charge is 2.08. The van der Waals surface area contributed by atoms with Crippen LogP contribution in [0.4, 0.5) is 0 Å². The third kappa shape index (κ3) is 3.94. The molecule has 2 aromatic carbocycles. The molecule has 1 N–H and O–H groups in total. The molecular formula is C17H18BrNO. The number of benzene rings is 2. The molecule has 0 aliphatic carbocycles. The fraction of sp³-hybridized carbons (Fsp3) is 0.235. The summed E-state index contributed by atoms with van der Waals surface area (Å²) in [5.41, 5.74) is 4.21. The van der Waals surface area contributed by atoms with E-state index in [4.69, 9.17) is 0 Å². The number of aryl methyl sites for hydroxylation is 2. The topological polar surface area (TPSA) is 29.1 Å². The third-order valence-corrected chi connectivity index (χ3v) is 3.72. The fourth-order valence-electron chi connectivity index (χ4n) is 2.12. The molecule has 20 heavy (non-hydrogen) atoms. The summed E-state index contributed by atoms with van der Waals surface area (Å²) in [6.45, 7) is 4.67. The zero-order valence-corrected chi connectivity index (χ0v) is 13.3. The minimum atomic E-state index is -0.0172. The molecule has 0 fully saturated rings. The first-order chi connectivity index (χ1) is 9.56. The van der Waals surface area contributed by atoms with Crippen molar-refractivity contribution in [2.24, 2.45) is 0 Å². The summed E-state index contributed by atoms with van der Waals surface area (Å²) in [6, 6.07) is 14.1. The van der Waals surface area contributed by atoms with Crippen LogP contribution in [0.3, 0.4) is 0 Å². The van der Waals surface area contributed by atoms with Gasteiger partial charge in [-0.25, -0.2) is 0 Å². The zero-order chi connectivity index (χ0) is 14.5. The molecule has 0 spiro atoms. The van der Waals surface area contributed by atoms with Crippen LogP contribution >= 0.6 is 15.9 Å². The Morgan fingerprint density at radius 3 is 2.70 bits per heavy atom. The van der Waals surface area contributed by atoms with Crippen LogP contribution in [-0.2, 0) is 6.42 Å². The van der Waals surface area contributed by atoms with Crippen molar-refractivity contribution >= 4 is 21.8 Å². The molecule has 0 heterocycles. The standard InChI is InChI=1S/C17H18BrNO/c1-12-4-3-5-14(10-12)8-9-19-17(20)16-11-15(18)7-6-13(16)2/h3-7,10-11H,8-9H2,1-2H3,(H,19,20). The van der Waals surface area contributed by atoms with Crippen molar-refractivity contribution in [3.05, 3.63) is 69.2 Å². The number of hydrogen-bond acceptors (Lipinski definition) is 1. The van der Waals surface area contributed by atoms with E-state index in [0.717, 1.165) is 22.0 Å². The van der Waals surface area contributed by atoms with Crippen LogP contribution < -0.4 is 5.32 Å². The molecule has 2 aromatic rings. The quantitative estimate of drug-likeness (QED) is 0.900. The van der Waals surface area contributed by atoms with Crippen molar-refractivity contribution in [3.63, 3.8) is 0 Å². The first-order valence-corrected chi connectivity index (χ1v) is 7.45. The second-order valence-electron chi connectivity index (χ2n) is 4.95. The van der Waals surface area contributed by atoms with E-state index in [9.17, 15) is 4.79 Å². The van der Waals surface area contributed by atoms with Crippen molar-refractivity contribution in [1.29, 1.82) is 0 Å². The molecule has 0 saturated heterocycles. The molecule has 0 radical (unpaired) electrons. The minimum Gasteiger partial charge on any atom is -0.352 e. The lowest BCUT2D eigenvalue weighted by Crippen LogP contribution is -2.26. The van der Waals surface area contributed by atoms with E-state index in [0.29, 0.717) is 6.54 Å². The summed E-state index contributed by atoms with van der Waals surface area (Å²) in [5.74, 6) is -0.0172. The van der Waals surface area contributed by atoms with Gasteiger partial charge in [-0.1, -0.05) is 51.8 Å². The van der Waals surface area contributed by atoms with E-state index in [1.807, 2.05) is 31.2 Å². The summed E-state index contributed by atoms with van der Waals surface area (Å²) in [4.78, 5) is 12.1. The molecular weight excluding hydrogens is 314 g/mol. The molecule has 2 rings (SSSR count). The highest BCUT2D eigenvalue weighted by atomic mass is 79.9. The maximum Gasteiger partial charge on any atom is 0.251 e. The van der Waals surface area contributed by atoms with E-state index in [2.05, 4.69) is 46.4 Å². The van der Waals surface area contributed by atoms with Gasteiger partial charge in [-0.05, 0) is 43.5 Å². The van der Waals surface area contributed by atoms with Crippen molar-refractivity contribution in [2.45, 2.75) is 20.3 Å². The summed E-state index contributed by atoms with van der Waals surface area (Å²) >= 11 is 3.40. The van der Waals surface area contributed by atoms with Crippen LogP contribution in [-0.4, -0.2) is 12.5 Å². The molecule has 0 atom stereocenters. The normalized spacial score (nSPS) is 10.3. The second-order valence-corrected chi connectivity index (χ2v) is 5.87. The van der Waals surface area contributed by atoms with Crippen LogP contribution in [0.1, 0.15) is 27.0 Å². The summed E-state index contributed by atoms with van der Waals surface area (Å²) in [5, 5.41) is 2.98. The van der Waals surface area contributed by atoms with Gasteiger partial charge in [0, 0.05) is 16.6 Å². The SMILES string of the molecule is Cc1cccc(CCNC(=O)c2cc(Br)ccc2C)c1. The number of carbonyl (C=O) groups excluding carboxylic acids is 1. The molecule has 0 aliphatic heterocycles. The Morgan fingerprint density at radius 1 is 1.15 bits per heavy atom. The van der Waals surface area contributed by atoms with Crippen LogP contribution in [0.25, 0.3) is 0 Å². The van der Waals surface area contributed by atoms with Crippen LogP contribution in [0.5, 0.6) is 0 Å². The molecule has 104 valence electrons. The first kappa shape index (κ1) is 14.8. The van der Waals surface area contributed by atoms with Crippen LogP contribution in [0.15, 0.2) is 46.9 Å². The maximum atomic E-state index is 12.1. The van der Waals surface area contributed by atoms with Crippen molar-refractivity contribution in [3.8, 4) is 0 Å². The summed E-state index contributed by atoms with van der Waals surface area (Å²) in [7, 11) is 0. The van der Waals surface area contributed by atoms with Crippen molar-refractivity contribution in [2.75, 3.05) is 6.54 Å². The number of nitrogens with one attached hydrogen (secondary N) is 1. The summed E-state index contributed by atoms with van der Waals surface area (Å²) < 4.78 is 0.923. The van der Waals surface area contributed by atoms with Crippen molar-refractivity contribution < 1.29 is 4.79 Å². The largest absolute Gasteiger partial charge is 0.352 e. The van der Waals surface area contributed by atoms with Gasteiger partial charge in [-0.3, -0.25) is 4.79 Å². The molecule has 0 saturated carbocycles. The highest BCUT2D eigenvalue weighted by Crippen LogP contribution is 2.15. The summed E-state index contributed by atoms with van der Waals surface area (Å²) in [6.07, 6.45) is 0.848. The van der Waals surface area contributed by atoms with Gasteiger partial charge in [0.25, 0.3) is 5.91 Å². The molecule has 2 nitrogen and oxygen atoms in total. The maximum absolute atomic E-state index is 12.1. The molecule has 3 heteroatoms. The number of halogens is 1. The predicted molar refractivity (Wildman–Crippen MR) is 86.1 cm³/mol. The predicted octanol–water partition coefficient (Wildman–Crippen LogP) is 4.04. The Kier molecular flexibility index (Phi) is 4.96. The first-order valence-electron chi connectivity index (χ1n) is 6.66. The van der Waals surface area contributed by atoms with E-state index < -0.39 is 0 Å². The Morgan fingerprint density at radius 2 is 1.95 bits per heavy atom. The van der Waals surface area contributed by atoms with Crippen LogP contribution in [0.2, 0.25) is 0 Å². The molecule has 0 aromatic heterocycles. The van der Waals surface area contributed by atoms with Gasteiger partial charge in [-0.2, -0.15) is 0 Å². The van der Waals surface area contributed by atoms with Crippen molar-refractivity contribution in [1.82, 2.24) is 5.32 Å². The Hall–Kier alpha value is -1.61. The Labute approximate surface area is 128 Å². The van der Waals surface area contributed by atoms with Gasteiger partial charge in [-0.15, -0.1) is 0 Å². The minimum absolute atomic E-state index is 0.0172.